The first-order valence-corrected chi connectivity index (χ1v) is 9.23. The van der Waals surface area contributed by atoms with Gasteiger partial charge < -0.3 is 24.8 Å². The average Bonchev–Trinajstić information content (AvgIpc) is 3.06. The second-order valence-electron chi connectivity index (χ2n) is 6.93. The summed E-state index contributed by atoms with van der Waals surface area (Å²) in [5, 5.41) is 23.0. The molecule has 3 aromatic rings. The van der Waals surface area contributed by atoms with Crippen molar-refractivity contribution in [3.63, 3.8) is 0 Å². The Bertz CT molecular complexity index is 1100. The number of rotatable bonds is 8. The Morgan fingerprint density at radius 3 is 2.48 bits per heavy atom. The number of anilines is 1. The van der Waals surface area contributed by atoms with Crippen LogP contribution in [0.4, 0.5) is 5.95 Å². The van der Waals surface area contributed by atoms with Crippen molar-refractivity contribution < 1.29 is 14.9 Å². The van der Waals surface area contributed by atoms with Gasteiger partial charge in [0.25, 0.3) is 5.56 Å². The van der Waals surface area contributed by atoms with Crippen LogP contribution in [0.5, 0.6) is 5.75 Å². The van der Waals surface area contributed by atoms with Crippen molar-refractivity contribution in [3.05, 3.63) is 51.2 Å². The van der Waals surface area contributed by atoms with Crippen LogP contribution in [-0.4, -0.2) is 54.3 Å². The molecule has 29 heavy (non-hydrogen) atoms. The molecule has 0 saturated carbocycles. The lowest BCUT2D eigenvalue weighted by atomic mass is 10.3. The molecule has 10 nitrogen and oxygen atoms in total. The van der Waals surface area contributed by atoms with E-state index in [0.717, 1.165) is 4.57 Å². The van der Waals surface area contributed by atoms with Gasteiger partial charge in [-0.05, 0) is 19.1 Å². The van der Waals surface area contributed by atoms with Crippen LogP contribution in [0.1, 0.15) is 6.92 Å². The van der Waals surface area contributed by atoms with E-state index in [0.29, 0.717) is 5.75 Å². The molecule has 0 fully saturated rings. The van der Waals surface area contributed by atoms with Crippen LogP contribution in [0.15, 0.2) is 39.9 Å². The minimum atomic E-state index is -0.943. The molecule has 1 aromatic carbocycles. The van der Waals surface area contributed by atoms with E-state index in [9.17, 15) is 19.8 Å². The van der Waals surface area contributed by atoms with E-state index in [1.54, 1.807) is 19.1 Å². The second-order valence-corrected chi connectivity index (χ2v) is 6.93. The zero-order chi connectivity index (χ0) is 21.1. The smallest absolute Gasteiger partial charge is 0.332 e. The molecule has 0 amide bonds. The molecule has 0 radical (unpaired) electrons. The van der Waals surface area contributed by atoms with Gasteiger partial charge in [-0.2, -0.15) is 4.98 Å². The number of aromatic nitrogens is 4. The van der Waals surface area contributed by atoms with E-state index in [1.807, 2.05) is 18.2 Å². The number of hydrogen-bond acceptors (Lipinski definition) is 7. The molecule has 0 saturated heterocycles. The van der Waals surface area contributed by atoms with Crippen LogP contribution in [0.3, 0.4) is 0 Å². The monoisotopic (exact) mass is 403 g/mol. The van der Waals surface area contributed by atoms with Crippen LogP contribution in [0.25, 0.3) is 11.2 Å². The van der Waals surface area contributed by atoms with Crippen molar-refractivity contribution in [2.75, 3.05) is 18.5 Å². The third kappa shape index (κ3) is 4.33. The maximum Gasteiger partial charge on any atom is 0.332 e. The number of benzene rings is 1. The summed E-state index contributed by atoms with van der Waals surface area (Å²) in [7, 11) is 2.91. The van der Waals surface area contributed by atoms with Crippen molar-refractivity contribution >= 4 is 17.1 Å². The minimum absolute atomic E-state index is 0.00556. The lowest BCUT2D eigenvalue weighted by molar-refractivity contribution is 0.0938. The Morgan fingerprint density at radius 1 is 1.14 bits per heavy atom. The van der Waals surface area contributed by atoms with Crippen molar-refractivity contribution in [2.24, 2.45) is 14.1 Å². The molecule has 2 atom stereocenters. The highest BCUT2D eigenvalue weighted by molar-refractivity contribution is 5.74. The SMILES string of the molecule is C[C@@H](O)CNc1nc2c(c(=O)n(C)c(=O)n2C)n1C[C@H](O)COc1ccccc1. The summed E-state index contributed by atoms with van der Waals surface area (Å²) in [6.45, 7) is 1.82. The van der Waals surface area contributed by atoms with Gasteiger partial charge in [0, 0.05) is 20.6 Å². The first-order chi connectivity index (χ1) is 13.8. The maximum atomic E-state index is 12.7. The molecular formula is C19H25N5O5. The maximum absolute atomic E-state index is 12.7. The number of aliphatic hydroxyl groups excluding tert-OH is 2. The van der Waals surface area contributed by atoms with Crippen molar-refractivity contribution in [3.8, 4) is 5.75 Å². The van der Waals surface area contributed by atoms with Gasteiger partial charge in [0.05, 0.1) is 12.6 Å². The molecule has 3 rings (SSSR count). The predicted molar refractivity (Wildman–Crippen MR) is 108 cm³/mol. The number of nitrogens with one attached hydrogen (secondary N) is 1. The number of fused-ring (bicyclic) bond motifs is 1. The van der Waals surface area contributed by atoms with Crippen LogP contribution in [0.2, 0.25) is 0 Å². The van der Waals surface area contributed by atoms with Gasteiger partial charge in [0.15, 0.2) is 11.2 Å². The molecule has 0 bridgehead atoms. The van der Waals surface area contributed by atoms with E-state index in [1.165, 1.54) is 23.2 Å². The minimum Gasteiger partial charge on any atom is -0.491 e. The van der Waals surface area contributed by atoms with Crippen molar-refractivity contribution in [2.45, 2.75) is 25.7 Å². The van der Waals surface area contributed by atoms with Gasteiger partial charge >= 0.3 is 5.69 Å². The lowest BCUT2D eigenvalue weighted by Gasteiger charge is -2.16. The first-order valence-electron chi connectivity index (χ1n) is 9.23. The highest BCUT2D eigenvalue weighted by atomic mass is 16.5. The van der Waals surface area contributed by atoms with Gasteiger partial charge in [-0.3, -0.25) is 13.9 Å². The fourth-order valence-corrected chi connectivity index (χ4v) is 2.97. The van der Waals surface area contributed by atoms with E-state index in [4.69, 9.17) is 4.74 Å². The normalized spacial score (nSPS) is 13.4. The van der Waals surface area contributed by atoms with E-state index in [-0.39, 0.29) is 36.8 Å². The number of para-hydroxylation sites is 1. The summed E-state index contributed by atoms with van der Waals surface area (Å²) in [4.78, 5) is 29.3. The highest BCUT2D eigenvalue weighted by Crippen LogP contribution is 2.17. The zero-order valence-electron chi connectivity index (χ0n) is 16.6. The lowest BCUT2D eigenvalue weighted by Crippen LogP contribution is -2.38. The largest absolute Gasteiger partial charge is 0.491 e. The number of aliphatic hydroxyl groups is 2. The Kier molecular flexibility index (Phi) is 6.04. The van der Waals surface area contributed by atoms with E-state index in [2.05, 4.69) is 10.3 Å². The Morgan fingerprint density at radius 2 is 1.83 bits per heavy atom. The van der Waals surface area contributed by atoms with Gasteiger partial charge in [-0.25, -0.2) is 4.79 Å². The third-order valence-electron chi connectivity index (χ3n) is 4.48. The molecule has 0 unspecified atom stereocenters. The number of aryl methyl sites for hydroxylation is 1. The Hall–Kier alpha value is -3.11. The average molecular weight is 403 g/mol. The predicted octanol–water partition coefficient (Wildman–Crippen LogP) is -0.334. The molecule has 2 heterocycles. The molecule has 0 aliphatic rings. The number of ether oxygens (including phenoxy) is 1. The Labute approximate surface area is 166 Å². The number of imidazole rings is 1. The summed E-state index contributed by atoms with van der Waals surface area (Å²) in [6, 6.07) is 9.07. The fraction of sp³-hybridized carbons (Fsp3) is 0.421. The summed E-state index contributed by atoms with van der Waals surface area (Å²) in [5.41, 5.74) is -0.636. The molecule has 0 aliphatic heterocycles. The molecule has 156 valence electrons. The summed E-state index contributed by atoms with van der Waals surface area (Å²) in [5.74, 6) is 0.894. The van der Waals surface area contributed by atoms with Crippen LogP contribution in [-0.2, 0) is 20.6 Å². The fourth-order valence-electron chi connectivity index (χ4n) is 2.97. The second kappa shape index (κ2) is 8.50. The molecule has 2 aromatic heterocycles. The molecule has 0 aliphatic carbocycles. The summed E-state index contributed by atoms with van der Waals surface area (Å²) < 4.78 is 9.36. The Balaban J connectivity index is 1.96. The van der Waals surface area contributed by atoms with Crippen molar-refractivity contribution in [1.29, 1.82) is 0 Å². The third-order valence-corrected chi connectivity index (χ3v) is 4.48. The van der Waals surface area contributed by atoms with Gasteiger partial charge in [0.2, 0.25) is 5.95 Å². The van der Waals surface area contributed by atoms with E-state index >= 15 is 0 Å². The summed E-state index contributed by atoms with van der Waals surface area (Å²) >= 11 is 0. The number of nitrogens with zero attached hydrogens (tertiary/aromatic N) is 4. The molecule has 10 heteroatoms. The highest BCUT2D eigenvalue weighted by Gasteiger charge is 2.21. The molecule has 3 N–H and O–H groups in total. The summed E-state index contributed by atoms with van der Waals surface area (Å²) in [6.07, 6.45) is -1.59. The number of hydrogen-bond donors (Lipinski definition) is 3. The topological polar surface area (TPSA) is 124 Å². The molecule has 0 spiro atoms. The van der Waals surface area contributed by atoms with Crippen LogP contribution >= 0.6 is 0 Å². The van der Waals surface area contributed by atoms with Crippen molar-refractivity contribution in [1.82, 2.24) is 18.7 Å². The van der Waals surface area contributed by atoms with Gasteiger partial charge in [-0.1, -0.05) is 18.2 Å². The quantitative estimate of drug-likeness (QED) is 0.470. The first kappa shape index (κ1) is 20.6. The van der Waals surface area contributed by atoms with Crippen LogP contribution in [0, 0.1) is 0 Å². The van der Waals surface area contributed by atoms with E-state index < -0.39 is 23.5 Å². The van der Waals surface area contributed by atoms with Gasteiger partial charge in [0.1, 0.15) is 18.5 Å². The zero-order valence-corrected chi connectivity index (χ0v) is 16.6. The van der Waals surface area contributed by atoms with Gasteiger partial charge in [-0.15, -0.1) is 0 Å². The molecular weight excluding hydrogens is 378 g/mol. The van der Waals surface area contributed by atoms with Crippen LogP contribution < -0.4 is 21.3 Å². The standard InChI is InChI=1S/C19H25N5O5/c1-12(25)9-20-18-21-16-15(17(27)23(3)19(28)22(16)2)24(18)10-13(26)11-29-14-7-5-4-6-8-14/h4-8,12-13,25-26H,9-11H2,1-3H3,(H,20,21)/t12-,13+/m1/s1.